The van der Waals surface area contributed by atoms with E-state index in [1.165, 1.54) is 11.3 Å². The number of thiazole rings is 1. The Balaban J connectivity index is 1.56. The fourth-order valence-corrected chi connectivity index (χ4v) is 6.00. The maximum absolute atomic E-state index is 13.8. The number of furan rings is 1. The molecule has 0 amide bonds. The third-order valence-corrected chi connectivity index (χ3v) is 8.15. The highest BCUT2D eigenvalue weighted by Crippen LogP contribution is 2.24. The third kappa shape index (κ3) is 4.57. The smallest absolute Gasteiger partial charge is 0.273 e. The molecule has 0 spiro atoms. The van der Waals surface area contributed by atoms with Gasteiger partial charge in [0.25, 0.3) is 5.56 Å². The third-order valence-electron chi connectivity index (χ3n) is 6.53. The molecular weight excluding hydrogens is 562 g/mol. The van der Waals surface area contributed by atoms with Crippen molar-refractivity contribution in [2.75, 3.05) is 0 Å². The van der Waals surface area contributed by atoms with E-state index in [1.54, 1.807) is 10.6 Å². The lowest BCUT2D eigenvalue weighted by Crippen LogP contribution is -2.31. The Morgan fingerprint density at radius 2 is 1.84 bits per heavy atom. The summed E-state index contributed by atoms with van der Waals surface area (Å²) in [7, 11) is 0. The molecular formula is C29H22BrN5O2S. The Hall–Kier alpha value is -4.00. The van der Waals surface area contributed by atoms with E-state index in [0.717, 1.165) is 48.1 Å². The van der Waals surface area contributed by atoms with Gasteiger partial charge < -0.3 is 8.98 Å². The highest BCUT2D eigenvalue weighted by Gasteiger charge is 2.21. The summed E-state index contributed by atoms with van der Waals surface area (Å²) in [5, 5.41) is 19.1. The van der Waals surface area contributed by atoms with Crippen LogP contribution < -0.4 is 14.8 Å². The summed E-state index contributed by atoms with van der Waals surface area (Å²) >= 11 is 4.71. The van der Waals surface area contributed by atoms with Crippen molar-refractivity contribution in [2.45, 2.75) is 32.2 Å². The predicted octanol–water partition coefficient (Wildman–Crippen LogP) is 4.79. The van der Waals surface area contributed by atoms with Crippen LogP contribution in [0.15, 0.2) is 80.4 Å². The molecule has 0 bridgehead atoms. The van der Waals surface area contributed by atoms with Gasteiger partial charge in [-0.1, -0.05) is 52.7 Å². The molecule has 3 aromatic heterocycles. The molecule has 7 nitrogen and oxygen atoms in total. The predicted molar refractivity (Wildman–Crippen MR) is 150 cm³/mol. The number of nitrogens with zero attached hydrogens (tertiary/aromatic N) is 5. The average molecular weight is 584 g/mol. The SMILES string of the molecule is N#C/C(c1nnc2n1CCCCC2)=c1\s/c(=C/c2ccc(-c3ccc(Br)cc3)o2)c(=O)n1-c1ccccc1. The minimum Gasteiger partial charge on any atom is -0.457 e. The van der Waals surface area contributed by atoms with Crippen molar-refractivity contribution in [2.24, 2.45) is 0 Å². The molecule has 0 radical (unpaired) electrons. The van der Waals surface area contributed by atoms with Gasteiger partial charge in [0.2, 0.25) is 0 Å². The van der Waals surface area contributed by atoms with Crippen molar-refractivity contribution < 1.29 is 4.42 Å². The number of halogens is 1. The first kappa shape index (κ1) is 24.3. The zero-order valence-electron chi connectivity index (χ0n) is 20.3. The molecule has 4 heterocycles. The Kier molecular flexibility index (Phi) is 6.66. The fourth-order valence-electron chi connectivity index (χ4n) is 4.65. The summed E-state index contributed by atoms with van der Waals surface area (Å²) in [6.45, 7) is 0.758. The summed E-state index contributed by atoms with van der Waals surface area (Å²) in [4.78, 5) is 13.8. The molecule has 0 fully saturated rings. The molecule has 38 heavy (non-hydrogen) atoms. The van der Waals surface area contributed by atoms with Gasteiger partial charge in [0.05, 0.1) is 10.2 Å². The summed E-state index contributed by atoms with van der Waals surface area (Å²) in [5.74, 6) is 2.66. The summed E-state index contributed by atoms with van der Waals surface area (Å²) in [5.41, 5.74) is 1.74. The summed E-state index contributed by atoms with van der Waals surface area (Å²) in [6, 6.07) is 23.3. The lowest BCUT2D eigenvalue weighted by Gasteiger charge is -2.07. The Morgan fingerprint density at radius 3 is 2.63 bits per heavy atom. The first-order valence-corrected chi connectivity index (χ1v) is 13.9. The number of aryl methyl sites for hydroxylation is 1. The Bertz CT molecular complexity index is 1840. The first-order chi connectivity index (χ1) is 18.6. The zero-order chi connectivity index (χ0) is 26.1. The van der Waals surface area contributed by atoms with Crippen LogP contribution in [0, 0.1) is 11.3 Å². The van der Waals surface area contributed by atoms with Crippen molar-refractivity contribution in [1.82, 2.24) is 19.3 Å². The minimum absolute atomic E-state index is 0.221. The highest BCUT2D eigenvalue weighted by molar-refractivity contribution is 9.10. The zero-order valence-corrected chi connectivity index (χ0v) is 22.7. The van der Waals surface area contributed by atoms with Crippen molar-refractivity contribution in [3.05, 3.63) is 108 Å². The summed E-state index contributed by atoms with van der Waals surface area (Å²) < 4.78 is 11.7. The standard InChI is InChI=1S/C29H22BrN5O2S/c30-20-12-10-19(11-13-20)24-15-14-22(37-24)17-25-28(36)35(21-7-3-1-4-8-21)29(38-25)23(18-31)27-33-32-26-9-5-2-6-16-34(26)27/h1,3-4,7-8,10-15,17H,2,5-6,9,16H2/b25-17+,29-23+. The monoisotopic (exact) mass is 583 g/mol. The van der Waals surface area contributed by atoms with Gasteiger partial charge in [-0.05, 0) is 49.2 Å². The van der Waals surface area contributed by atoms with E-state index in [2.05, 4.69) is 32.2 Å². The van der Waals surface area contributed by atoms with E-state index < -0.39 is 0 Å². The number of rotatable bonds is 4. The van der Waals surface area contributed by atoms with Crippen LogP contribution in [0.1, 0.15) is 36.7 Å². The van der Waals surface area contributed by atoms with Gasteiger partial charge in [-0.2, -0.15) is 5.26 Å². The van der Waals surface area contributed by atoms with E-state index in [4.69, 9.17) is 4.42 Å². The van der Waals surface area contributed by atoms with E-state index in [9.17, 15) is 10.1 Å². The van der Waals surface area contributed by atoms with E-state index >= 15 is 0 Å². The van der Waals surface area contributed by atoms with Crippen molar-refractivity contribution in [1.29, 1.82) is 5.26 Å². The fraction of sp³-hybridized carbons (Fsp3) is 0.172. The van der Waals surface area contributed by atoms with E-state index in [-0.39, 0.29) is 5.56 Å². The van der Waals surface area contributed by atoms with Crippen molar-refractivity contribution >= 4 is 38.9 Å². The molecule has 188 valence electrons. The molecule has 0 saturated heterocycles. The minimum atomic E-state index is -0.221. The van der Waals surface area contributed by atoms with Crippen LogP contribution in [-0.4, -0.2) is 19.3 Å². The van der Waals surface area contributed by atoms with Gasteiger partial charge in [0, 0.05) is 29.1 Å². The van der Waals surface area contributed by atoms with Gasteiger partial charge in [-0.3, -0.25) is 9.36 Å². The second-order valence-corrected chi connectivity index (χ2v) is 10.9. The number of para-hydroxylation sites is 1. The molecule has 0 saturated carbocycles. The Labute approximate surface area is 230 Å². The number of nitriles is 1. The molecule has 1 aliphatic heterocycles. The molecule has 0 atom stereocenters. The topological polar surface area (TPSA) is 89.6 Å². The average Bonchev–Trinajstić information content (AvgIpc) is 3.60. The first-order valence-electron chi connectivity index (χ1n) is 12.3. The summed E-state index contributed by atoms with van der Waals surface area (Å²) in [6.07, 6.45) is 5.74. The van der Waals surface area contributed by atoms with E-state index in [1.807, 2.05) is 71.3 Å². The molecule has 5 aromatic rings. The van der Waals surface area contributed by atoms with Crippen LogP contribution in [0.2, 0.25) is 0 Å². The largest absolute Gasteiger partial charge is 0.457 e. The van der Waals surface area contributed by atoms with Crippen LogP contribution in [0.3, 0.4) is 0 Å². The number of hydrogen-bond acceptors (Lipinski definition) is 6. The lowest BCUT2D eigenvalue weighted by atomic mass is 10.2. The number of benzene rings is 2. The molecule has 9 heteroatoms. The van der Waals surface area contributed by atoms with Crippen LogP contribution in [0.4, 0.5) is 0 Å². The van der Waals surface area contributed by atoms with Crippen LogP contribution in [0.25, 0.3) is 28.7 Å². The number of fused-ring (bicyclic) bond motifs is 1. The van der Waals surface area contributed by atoms with Gasteiger partial charge in [0.15, 0.2) is 5.82 Å². The van der Waals surface area contributed by atoms with Crippen LogP contribution in [0.5, 0.6) is 0 Å². The van der Waals surface area contributed by atoms with Crippen LogP contribution >= 0.6 is 27.3 Å². The quantitative estimate of drug-likeness (QED) is 0.303. The number of aromatic nitrogens is 4. The number of hydrogen-bond donors (Lipinski definition) is 0. The van der Waals surface area contributed by atoms with Gasteiger partial charge >= 0.3 is 0 Å². The lowest BCUT2D eigenvalue weighted by molar-refractivity contribution is 0.571. The van der Waals surface area contributed by atoms with Crippen molar-refractivity contribution in [3.8, 4) is 23.1 Å². The van der Waals surface area contributed by atoms with Crippen molar-refractivity contribution in [3.63, 3.8) is 0 Å². The van der Waals surface area contributed by atoms with Crippen LogP contribution in [-0.2, 0) is 13.0 Å². The van der Waals surface area contributed by atoms with E-state index in [0.29, 0.717) is 37.8 Å². The normalized spacial score (nSPS) is 14.6. The Morgan fingerprint density at radius 1 is 1.03 bits per heavy atom. The maximum atomic E-state index is 13.8. The second-order valence-electron chi connectivity index (χ2n) is 8.99. The molecule has 6 rings (SSSR count). The second kappa shape index (κ2) is 10.4. The maximum Gasteiger partial charge on any atom is 0.273 e. The molecule has 0 unspecified atom stereocenters. The molecule has 2 aromatic carbocycles. The molecule has 1 aliphatic rings. The molecule has 0 aliphatic carbocycles. The highest BCUT2D eigenvalue weighted by atomic mass is 79.9. The molecule has 0 N–H and O–H groups in total. The van der Waals surface area contributed by atoms with Gasteiger partial charge in [-0.25, -0.2) is 0 Å². The van der Waals surface area contributed by atoms with Gasteiger partial charge in [0.1, 0.15) is 33.7 Å². The van der Waals surface area contributed by atoms with Gasteiger partial charge in [-0.15, -0.1) is 21.5 Å².